The molecule has 0 fully saturated rings. The lowest BCUT2D eigenvalue weighted by Gasteiger charge is -2.07. The lowest BCUT2D eigenvalue weighted by Crippen LogP contribution is -2.23. The van der Waals surface area contributed by atoms with Crippen LogP contribution in [0.1, 0.15) is 11.5 Å². The van der Waals surface area contributed by atoms with E-state index in [0.29, 0.717) is 11.6 Å². The first-order chi connectivity index (χ1) is 12.4. The van der Waals surface area contributed by atoms with Gasteiger partial charge < -0.3 is 9.26 Å². The number of aryl methyl sites for hydroxylation is 1. The van der Waals surface area contributed by atoms with Crippen LogP contribution in [0.3, 0.4) is 0 Å². The highest BCUT2D eigenvalue weighted by molar-refractivity contribution is 7.89. The third-order valence-electron chi connectivity index (χ3n) is 3.70. The van der Waals surface area contributed by atoms with Gasteiger partial charge in [0.15, 0.2) is 0 Å². The highest BCUT2D eigenvalue weighted by atomic mass is 35.5. The van der Waals surface area contributed by atoms with Crippen LogP contribution in [0.2, 0.25) is 5.02 Å². The number of nitrogens with one attached hydrogen (secondary N) is 1. The van der Waals surface area contributed by atoms with Crippen molar-refractivity contribution in [1.29, 1.82) is 0 Å². The van der Waals surface area contributed by atoms with E-state index >= 15 is 0 Å². The van der Waals surface area contributed by atoms with Gasteiger partial charge in [0.05, 0.1) is 23.6 Å². The number of halogens is 1. The largest absolute Gasteiger partial charge is 0.495 e. The lowest BCUT2D eigenvalue weighted by atomic mass is 10.1. The van der Waals surface area contributed by atoms with Gasteiger partial charge in [-0.05, 0) is 30.7 Å². The van der Waals surface area contributed by atoms with Crippen LogP contribution in [0.25, 0.3) is 11.4 Å². The first-order valence-electron chi connectivity index (χ1n) is 7.62. The Kier molecular flexibility index (Phi) is 5.26. The first-order valence-corrected chi connectivity index (χ1v) is 9.48. The van der Waals surface area contributed by atoms with E-state index < -0.39 is 10.0 Å². The molecule has 3 rings (SSSR count). The van der Waals surface area contributed by atoms with E-state index in [1.165, 1.54) is 25.3 Å². The zero-order chi connectivity index (χ0) is 18.7. The third kappa shape index (κ3) is 3.87. The second-order valence-electron chi connectivity index (χ2n) is 5.45. The number of methoxy groups -OCH3 is 1. The van der Waals surface area contributed by atoms with Crippen molar-refractivity contribution < 1.29 is 17.7 Å². The van der Waals surface area contributed by atoms with E-state index in [9.17, 15) is 8.42 Å². The molecule has 0 bridgehead atoms. The molecule has 0 spiro atoms. The minimum atomic E-state index is -3.79. The van der Waals surface area contributed by atoms with E-state index in [0.717, 1.165) is 11.1 Å². The number of aromatic nitrogens is 2. The van der Waals surface area contributed by atoms with E-state index in [-0.39, 0.29) is 22.4 Å². The smallest absolute Gasteiger partial charge is 0.242 e. The molecule has 3 aromatic rings. The van der Waals surface area contributed by atoms with Crippen LogP contribution in [-0.2, 0) is 16.6 Å². The monoisotopic (exact) mass is 393 g/mol. The Balaban J connectivity index is 1.75. The fourth-order valence-corrected chi connectivity index (χ4v) is 3.64. The molecule has 0 aliphatic heterocycles. The van der Waals surface area contributed by atoms with Crippen LogP contribution >= 0.6 is 11.6 Å². The summed E-state index contributed by atoms with van der Waals surface area (Å²) in [6, 6.07) is 11.8. The van der Waals surface area contributed by atoms with Crippen molar-refractivity contribution in [3.8, 4) is 17.1 Å². The molecule has 136 valence electrons. The number of nitrogens with zero attached hydrogens (tertiary/aromatic N) is 2. The number of hydrogen-bond acceptors (Lipinski definition) is 6. The highest BCUT2D eigenvalue weighted by Gasteiger charge is 2.18. The van der Waals surface area contributed by atoms with E-state index in [4.69, 9.17) is 20.9 Å². The van der Waals surface area contributed by atoms with E-state index in [1.807, 2.05) is 31.2 Å². The number of benzene rings is 2. The second-order valence-corrected chi connectivity index (χ2v) is 7.62. The average Bonchev–Trinajstić information content (AvgIpc) is 3.09. The standard InChI is InChI=1S/C17H16ClN3O4S/c1-11-5-3-4-6-13(11)17-20-16(25-21-17)10-19-26(22,23)12-7-8-15(24-2)14(18)9-12/h3-9,19H,10H2,1-2H3. The Labute approximate surface area is 156 Å². The normalized spacial score (nSPS) is 11.5. The Morgan fingerprint density at radius 1 is 1.23 bits per heavy atom. The molecule has 0 unspecified atom stereocenters. The second kappa shape index (κ2) is 7.45. The van der Waals surface area contributed by atoms with Crippen molar-refractivity contribution in [3.05, 3.63) is 58.9 Å². The average molecular weight is 394 g/mol. The third-order valence-corrected chi connectivity index (χ3v) is 5.40. The van der Waals surface area contributed by atoms with Crippen LogP contribution in [0.4, 0.5) is 0 Å². The molecule has 2 aromatic carbocycles. The summed E-state index contributed by atoms with van der Waals surface area (Å²) in [5.74, 6) is 0.960. The maximum Gasteiger partial charge on any atom is 0.242 e. The summed E-state index contributed by atoms with van der Waals surface area (Å²) >= 11 is 5.98. The Hall–Kier alpha value is -2.42. The minimum absolute atomic E-state index is 0.0157. The van der Waals surface area contributed by atoms with Gasteiger partial charge in [-0.15, -0.1) is 0 Å². The van der Waals surface area contributed by atoms with Crippen molar-refractivity contribution in [2.24, 2.45) is 0 Å². The molecule has 1 N–H and O–H groups in total. The number of hydrogen-bond donors (Lipinski definition) is 1. The predicted octanol–water partition coefficient (Wildman–Crippen LogP) is 3.19. The van der Waals surface area contributed by atoms with Gasteiger partial charge in [-0.2, -0.15) is 4.98 Å². The highest BCUT2D eigenvalue weighted by Crippen LogP contribution is 2.27. The van der Waals surface area contributed by atoms with Crippen LogP contribution in [0.5, 0.6) is 5.75 Å². The molecule has 26 heavy (non-hydrogen) atoms. The summed E-state index contributed by atoms with van der Waals surface area (Å²) in [4.78, 5) is 4.25. The van der Waals surface area contributed by atoms with Gasteiger partial charge in [0.1, 0.15) is 5.75 Å². The zero-order valence-electron chi connectivity index (χ0n) is 14.1. The maximum absolute atomic E-state index is 12.4. The van der Waals surface area contributed by atoms with Crippen molar-refractivity contribution in [2.75, 3.05) is 7.11 Å². The Morgan fingerprint density at radius 3 is 2.69 bits per heavy atom. The molecule has 0 amide bonds. The van der Waals surface area contributed by atoms with Crippen molar-refractivity contribution in [2.45, 2.75) is 18.4 Å². The van der Waals surface area contributed by atoms with Crippen LogP contribution < -0.4 is 9.46 Å². The van der Waals surface area contributed by atoms with Gasteiger partial charge in [0.2, 0.25) is 21.7 Å². The number of ether oxygens (including phenoxy) is 1. The van der Waals surface area contributed by atoms with Gasteiger partial charge in [0, 0.05) is 5.56 Å². The van der Waals surface area contributed by atoms with Gasteiger partial charge in [-0.25, -0.2) is 13.1 Å². The van der Waals surface area contributed by atoms with Crippen LogP contribution in [-0.4, -0.2) is 25.7 Å². The molecular weight excluding hydrogens is 378 g/mol. The van der Waals surface area contributed by atoms with Crippen LogP contribution in [0, 0.1) is 6.92 Å². The van der Waals surface area contributed by atoms with Gasteiger partial charge in [-0.3, -0.25) is 0 Å². The fourth-order valence-electron chi connectivity index (χ4n) is 2.31. The Bertz CT molecular complexity index is 1030. The molecule has 1 aromatic heterocycles. The SMILES string of the molecule is COc1ccc(S(=O)(=O)NCc2nc(-c3ccccc3C)no2)cc1Cl. The number of sulfonamides is 1. The minimum Gasteiger partial charge on any atom is -0.495 e. The summed E-state index contributed by atoms with van der Waals surface area (Å²) in [6.07, 6.45) is 0. The molecular formula is C17H16ClN3O4S. The molecule has 9 heteroatoms. The molecule has 0 atom stereocenters. The zero-order valence-corrected chi connectivity index (χ0v) is 15.6. The maximum atomic E-state index is 12.4. The summed E-state index contributed by atoms with van der Waals surface area (Å²) < 4.78 is 37.3. The quantitative estimate of drug-likeness (QED) is 0.691. The molecule has 0 saturated carbocycles. The summed E-state index contributed by atoms with van der Waals surface area (Å²) in [7, 11) is -2.33. The fraction of sp³-hybridized carbons (Fsp3) is 0.176. The summed E-state index contributed by atoms with van der Waals surface area (Å²) in [5, 5.41) is 4.10. The first kappa shape index (κ1) is 18.4. The predicted molar refractivity (Wildman–Crippen MR) is 96.5 cm³/mol. The summed E-state index contributed by atoms with van der Waals surface area (Å²) in [5.41, 5.74) is 1.82. The number of rotatable bonds is 6. The molecule has 0 radical (unpaired) electrons. The van der Waals surface area contributed by atoms with Gasteiger partial charge in [-0.1, -0.05) is 41.0 Å². The lowest BCUT2D eigenvalue weighted by molar-refractivity contribution is 0.376. The van der Waals surface area contributed by atoms with Crippen molar-refractivity contribution in [3.63, 3.8) is 0 Å². The summed E-state index contributed by atoms with van der Waals surface area (Å²) in [6.45, 7) is 1.80. The topological polar surface area (TPSA) is 94.3 Å². The molecule has 0 aliphatic carbocycles. The molecule has 0 saturated heterocycles. The van der Waals surface area contributed by atoms with E-state index in [2.05, 4.69) is 14.9 Å². The molecule has 1 heterocycles. The van der Waals surface area contributed by atoms with Gasteiger partial charge in [0.25, 0.3) is 0 Å². The molecule has 0 aliphatic rings. The Morgan fingerprint density at radius 2 is 2.00 bits per heavy atom. The van der Waals surface area contributed by atoms with Crippen molar-refractivity contribution >= 4 is 21.6 Å². The van der Waals surface area contributed by atoms with Gasteiger partial charge >= 0.3 is 0 Å². The van der Waals surface area contributed by atoms with Crippen molar-refractivity contribution in [1.82, 2.24) is 14.9 Å². The molecule has 7 nitrogen and oxygen atoms in total. The van der Waals surface area contributed by atoms with E-state index in [1.54, 1.807) is 0 Å². The van der Waals surface area contributed by atoms with Crippen LogP contribution in [0.15, 0.2) is 51.9 Å².